The highest BCUT2D eigenvalue weighted by atomic mass is 35.5. The number of nitrogens with two attached hydrogens (primary N) is 2. The van der Waals surface area contributed by atoms with E-state index in [4.69, 9.17) is 27.9 Å². The smallest absolute Gasteiger partial charge is 0.255 e. The Morgan fingerprint density at radius 1 is 1.25 bits per heavy atom. The summed E-state index contributed by atoms with van der Waals surface area (Å²) in [5, 5.41) is 1.65. The average Bonchev–Trinajstić information content (AvgIpc) is 2.98. The van der Waals surface area contributed by atoms with Crippen molar-refractivity contribution in [2.24, 2.45) is 5.73 Å². The van der Waals surface area contributed by atoms with Crippen molar-refractivity contribution in [3.8, 4) is 5.75 Å². The van der Waals surface area contributed by atoms with Crippen molar-refractivity contribution < 1.29 is 14.3 Å². The number of primary amides is 1. The topological polar surface area (TPSA) is 104 Å². The lowest BCUT2D eigenvalue weighted by Crippen LogP contribution is -2.37. The molecule has 1 aromatic heterocycles. The third kappa shape index (κ3) is 3.03. The molecule has 0 saturated heterocycles. The average molecular weight is 399 g/mol. The van der Waals surface area contributed by atoms with Crippen LogP contribution in [0.4, 0.5) is 0 Å². The van der Waals surface area contributed by atoms with Gasteiger partial charge in [0.05, 0.1) is 17.3 Å². The molecule has 2 amide bonds. The minimum Gasteiger partial charge on any atom is -0.484 e. The molecule has 0 fully saturated rings. The van der Waals surface area contributed by atoms with Gasteiger partial charge in [0.15, 0.2) is 6.61 Å². The van der Waals surface area contributed by atoms with Gasteiger partial charge in [-0.3, -0.25) is 14.3 Å². The second-order valence-corrected chi connectivity index (χ2v) is 7.15. The quantitative estimate of drug-likeness (QED) is 0.506. The molecule has 28 heavy (non-hydrogen) atoms. The van der Waals surface area contributed by atoms with Crippen LogP contribution in [-0.2, 0) is 16.0 Å². The van der Waals surface area contributed by atoms with Crippen molar-refractivity contribution in [1.82, 2.24) is 9.58 Å². The van der Waals surface area contributed by atoms with Crippen molar-refractivity contribution in [3.63, 3.8) is 0 Å². The van der Waals surface area contributed by atoms with Crippen LogP contribution in [-0.4, -0.2) is 35.0 Å². The number of aromatic nitrogens is 1. The number of hydrogen-bond acceptors (Lipinski definition) is 4. The van der Waals surface area contributed by atoms with Gasteiger partial charge in [-0.1, -0.05) is 23.7 Å². The van der Waals surface area contributed by atoms with Crippen molar-refractivity contribution >= 4 is 34.8 Å². The third-order valence-electron chi connectivity index (χ3n) is 5.03. The second kappa shape index (κ2) is 7.09. The summed E-state index contributed by atoms with van der Waals surface area (Å²) in [4.78, 5) is 24.4. The van der Waals surface area contributed by atoms with Crippen LogP contribution in [0.15, 0.2) is 42.5 Å². The molecule has 3 aromatic rings. The molecule has 4 N–H and O–H groups in total. The van der Waals surface area contributed by atoms with Crippen LogP contribution in [0.25, 0.3) is 10.9 Å². The summed E-state index contributed by atoms with van der Waals surface area (Å²) in [6.45, 7) is 0.387. The van der Waals surface area contributed by atoms with Crippen molar-refractivity contribution in [2.45, 2.75) is 12.5 Å². The van der Waals surface area contributed by atoms with E-state index in [1.807, 2.05) is 24.3 Å². The summed E-state index contributed by atoms with van der Waals surface area (Å²) >= 11 is 6.19. The number of halogens is 1. The Hall–Kier alpha value is -3.19. The van der Waals surface area contributed by atoms with Crippen molar-refractivity contribution in [3.05, 3.63) is 64.3 Å². The molecule has 1 aliphatic rings. The largest absolute Gasteiger partial charge is 0.484 e. The first kappa shape index (κ1) is 18.2. The highest BCUT2D eigenvalue weighted by molar-refractivity contribution is 6.31. The first-order valence-electron chi connectivity index (χ1n) is 8.79. The molecule has 2 aromatic carbocycles. The Balaban J connectivity index is 1.79. The predicted molar refractivity (Wildman–Crippen MR) is 107 cm³/mol. The number of fused-ring (bicyclic) bond motifs is 3. The normalized spacial score (nSPS) is 16.0. The van der Waals surface area contributed by atoms with Crippen LogP contribution in [0.5, 0.6) is 5.75 Å². The number of nitrogen functional groups attached to an aromatic ring is 1. The minimum atomic E-state index is -0.542. The standard InChI is InChI=1S/C20H19ClN4O3/c21-13-3-6-17-16(9-13)15-7-8-24(11-26)19(20(15)25(17)23)12-1-4-14(5-2-12)28-10-18(22)27/h1-6,9,11,19H,7-8,10,23H2,(H2,22,27). The highest BCUT2D eigenvalue weighted by Crippen LogP contribution is 2.39. The van der Waals surface area contributed by atoms with Gasteiger partial charge in [0.25, 0.3) is 5.91 Å². The van der Waals surface area contributed by atoms with Crippen LogP contribution < -0.4 is 16.3 Å². The first-order valence-corrected chi connectivity index (χ1v) is 9.17. The zero-order chi connectivity index (χ0) is 19.8. The zero-order valence-corrected chi connectivity index (χ0v) is 15.7. The molecular weight excluding hydrogens is 380 g/mol. The van der Waals surface area contributed by atoms with Gasteiger partial charge >= 0.3 is 0 Å². The predicted octanol–water partition coefficient (Wildman–Crippen LogP) is 1.98. The minimum absolute atomic E-state index is 0.189. The molecule has 0 aliphatic carbocycles. The number of nitrogens with zero attached hydrogens (tertiary/aromatic N) is 2. The summed E-state index contributed by atoms with van der Waals surface area (Å²) in [6.07, 6.45) is 1.54. The maximum atomic E-state index is 11.8. The molecule has 1 atom stereocenters. The van der Waals surface area contributed by atoms with Crippen LogP contribution in [0.3, 0.4) is 0 Å². The van der Waals surface area contributed by atoms with E-state index in [0.717, 1.165) is 34.1 Å². The summed E-state index contributed by atoms with van der Waals surface area (Å²) in [5.41, 5.74) is 8.82. The molecule has 144 valence electrons. The maximum absolute atomic E-state index is 11.8. The van der Waals surface area contributed by atoms with E-state index in [2.05, 4.69) is 0 Å². The number of rotatable bonds is 5. The fraction of sp³-hybridized carbons (Fsp3) is 0.200. The van der Waals surface area contributed by atoms with Crippen LogP contribution >= 0.6 is 11.6 Å². The van der Waals surface area contributed by atoms with Gasteiger partial charge in [0.1, 0.15) is 5.75 Å². The molecule has 8 heteroatoms. The lowest BCUT2D eigenvalue weighted by atomic mass is 9.93. The second-order valence-electron chi connectivity index (χ2n) is 6.72. The monoisotopic (exact) mass is 398 g/mol. The van der Waals surface area contributed by atoms with Crippen LogP contribution in [0.1, 0.15) is 22.9 Å². The van der Waals surface area contributed by atoms with Gasteiger partial charge in [0, 0.05) is 17.0 Å². The lowest BCUT2D eigenvalue weighted by Gasteiger charge is -2.34. The number of ether oxygens (including phenoxy) is 1. The molecule has 1 unspecified atom stereocenters. The molecule has 1 aliphatic heterocycles. The van der Waals surface area contributed by atoms with Crippen LogP contribution in [0.2, 0.25) is 5.02 Å². The molecule has 0 radical (unpaired) electrons. The van der Waals surface area contributed by atoms with E-state index in [1.165, 1.54) is 0 Å². The number of carbonyl (C=O) groups is 2. The van der Waals surface area contributed by atoms with Crippen LogP contribution in [0, 0.1) is 0 Å². The van der Waals surface area contributed by atoms with E-state index >= 15 is 0 Å². The van der Waals surface area contributed by atoms with Gasteiger partial charge in [0.2, 0.25) is 6.41 Å². The fourth-order valence-corrected chi connectivity index (χ4v) is 4.00. The number of benzene rings is 2. The summed E-state index contributed by atoms with van der Waals surface area (Å²) in [7, 11) is 0. The van der Waals surface area contributed by atoms with Gasteiger partial charge in [-0.2, -0.15) is 0 Å². The van der Waals surface area contributed by atoms with Gasteiger partial charge < -0.3 is 21.2 Å². The summed E-state index contributed by atoms with van der Waals surface area (Å²) in [5.74, 6) is 6.40. The molecular formula is C20H19ClN4O3. The molecule has 0 spiro atoms. The first-order chi connectivity index (χ1) is 13.5. The van der Waals surface area contributed by atoms with E-state index < -0.39 is 5.91 Å². The molecule has 0 saturated carbocycles. The number of amides is 2. The molecule has 0 bridgehead atoms. The molecule has 4 rings (SSSR count). The number of carbonyl (C=O) groups excluding carboxylic acids is 2. The Morgan fingerprint density at radius 2 is 2.00 bits per heavy atom. The highest BCUT2D eigenvalue weighted by Gasteiger charge is 2.33. The SMILES string of the molecule is NC(=O)COc1ccc(C2c3c(c4cc(Cl)ccc4n3N)CCN2C=O)cc1. The molecule has 7 nitrogen and oxygen atoms in total. The van der Waals surface area contributed by atoms with Gasteiger partial charge in [-0.15, -0.1) is 0 Å². The van der Waals surface area contributed by atoms with E-state index in [0.29, 0.717) is 23.7 Å². The Bertz CT molecular complexity index is 1060. The van der Waals surface area contributed by atoms with E-state index in [9.17, 15) is 9.59 Å². The van der Waals surface area contributed by atoms with E-state index in [-0.39, 0.29) is 12.6 Å². The van der Waals surface area contributed by atoms with E-state index in [1.54, 1.807) is 27.8 Å². The molecule has 2 heterocycles. The van der Waals surface area contributed by atoms with Crippen molar-refractivity contribution in [2.75, 3.05) is 19.0 Å². The fourth-order valence-electron chi connectivity index (χ4n) is 3.82. The Kier molecular flexibility index (Phi) is 4.60. The van der Waals surface area contributed by atoms with Gasteiger partial charge in [-0.25, -0.2) is 0 Å². The number of hydrogen-bond donors (Lipinski definition) is 2. The summed E-state index contributed by atoms with van der Waals surface area (Å²) < 4.78 is 6.95. The zero-order valence-electron chi connectivity index (χ0n) is 15.0. The van der Waals surface area contributed by atoms with Gasteiger partial charge in [-0.05, 0) is 47.9 Å². The Morgan fingerprint density at radius 3 is 2.68 bits per heavy atom. The summed E-state index contributed by atoms with van der Waals surface area (Å²) in [6, 6.07) is 12.5. The maximum Gasteiger partial charge on any atom is 0.255 e. The lowest BCUT2D eigenvalue weighted by molar-refractivity contribution is -0.120. The Labute approximate surface area is 166 Å². The third-order valence-corrected chi connectivity index (χ3v) is 5.27. The van der Waals surface area contributed by atoms with Crippen molar-refractivity contribution in [1.29, 1.82) is 0 Å².